The number of nitrogens with zero attached hydrogens (tertiary/aromatic N) is 1. The Morgan fingerprint density at radius 1 is 1.29 bits per heavy atom. The molecular formula is C11H26N2S. The average Bonchev–Trinajstić information content (AvgIpc) is 2.09. The molecule has 0 aliphatic heterocycles. The van der Waals surface area contributed by atoms with Gasteiger partial charge in [0.2, 0.25) is 0 Å². The Kier molecular flexibility index (Phi) is 8.73. The van der Waals surface area contributed by atoms with Crippen LogP contribution in [-0.4, -0.2) is 49.6 Å². The molecule has 0 aromatic rings. The molecule has 0 heterocycles. The van der Waals surface area contributed by atoms with E-state index in [1.807, 2.05) is 11.8 Å². The standard InChI is InChI=1S/C11H26N2S/c1-6-14-8-7-12-11(10(2)3)9-13(4)5/h10-12H,6-9H2,1-5H3. The minimum Gasteiger partial charge on any atom is -0.312 e. The zero-order valence-electron chi connectivity index (χ0n) is 10.3. The Balaban J connectivity index is 3.63. The molecular weight excluding hydrogens is 192 g/mol. The first-order valence-corrected chi connectivity index (χ1v) is 6.69. The number of likely N-dealkylation sites (N-methyl/N-ethyl adjacent to an activating group) is 1. The highest BCUT2D eigenvalue weighted by Crippen LogP contribution is 2.03. The topological polar surface area (TPSA) is 15.3 Å². The van der Waals surface area contributed by atoms with Crippen LogP contribution in [-0.2, 0) is 0 Å². The molecule has 1 atom stereocenters. The highest BCUT2D eigenvalue weighted by molar-refractivity contribution is 7.99. The van der Waals surface area contributed by atoms with Crippen LogP contribution in [0.4, 0.5) is 0 Å². The van der Waals surface area contributed by atoms with Gasteiger partial charge in [0.05, 0.1) is 0 Å². The molecule has 0 bridgehead atoms. The van der Waals surface area contributed by atoms with Gasteiger partial charge in [0.15, 0.2) is 0 Å². The van der Waals surface area contributed by atoms with E-state index in [4.69, 9.17) is 0 Å². The van der Waals surface area contributed by atoms with Crippen LogP contribution >= 0.6 is 11.8 Å². The van der Waals surface area contributed by atoms with Crippen LogP contribution in [0.15, 0.2) is 0 Å². The summed E-state index contributed by atoms with van der Waals surface area (Å²) in [6.45, 7) is 9.05. The highest BCUT2D eigenvalue weighted by atomic mass is 32.2. The van der Waals surface area contributed by atoms with E-state index in [0.717, 1.165) is 13.1 Å². The van der Waals surface area contributed by atoms with Crippen molar-refractivity contribution in [1.29, 1.82) is 0 Å². The van der Waals surface area contributed by atoms with E-state index in [0.29, 0.717) is 12.0 Å². The van der Waals surface area contributed by atoms with Crippen LogP contribution in [0.3, 0.4) is 0 Å². The lowest BCUT2D eigenvalue weighted by Crippen LogP contribution is -2.42. The molecule has 0 saturated heterocycles. The third-order valence-electron chi connectivity index (χ3n) is 2.22. The molecule has 0 aromatic heterocycles. The van der Waals surface area contributed by atoms with Gasteiger partial charge < -0.3 is 10.2 Å². The normalized spacial score (nSPS) is 13.9. The summed E-state index contributed by atoms with van der Waals surface area (Å²) in [4.78, 5) is 2.25. The largest absolute Gasteiger partial charge is 0.312 e. The van der Waals surface area contributed by atoms with Gasteiger partial charge in [0.25, 0.3) is 0 Å². The second kappa shape index (κ2) is 8.57. The molecule has 1 unspecified atom stereocenters. The first kappa shape index (κ1) is 14.3. The Labute approximate surface area is 93.8 Å². The van der Waals surface area contributed by atoms with Gasteiger partial charge in [0.1, 0.15) is 0 Å². The van der Waals surface area contributed by atoms with Crippen molar-refractivity contribution in [2.24, 2.45) is 5.92 Å². The van der Waals surface area contributed by atoms with Crippen molar-refractivity contribution in [3.05, 3.63) is 0 Å². The van der Waals surface area contributed by atoms with E-state index >= 15 is 0 Å². The van der Waals surface area contributed by atoms with Gasteiger partial charge in [-0.2, -0.15) is 11.8 Å². The fraction of sp³-hybridized carbons (Fsp3) is 1.00. The molecule has 0 amide bonds. The number of rotatable bonds is 8. The van der Waals surface area contributed by atoms with E-state index in [1.54, 1.807) is 0 Å². The van der Waals surface area contributed by atoms with Gasteiger partial charge in [-0.3, -0.25) is 0 Å². The van der Waals surface area contributed by atoms with Crippen LogP contribution in [0, 0.1) is 5.92 Å². The van der Waals surface area contributed by atoms with E-state index in [-0.39, 0.29) is 0 Å². The summed E-state index contributed by atoms with van der Waals surface area (Å²) in [6, 6.07) is 0.627. The molecule has 0 aliphatic rings. The lowest BCUT2D eigenvalue weighted by atomic mass is 10.0. The molecule has 2 nitrogen and oxygen atoms in total. The van der Waals surface area contributed by atoms with E-state index < -0.39 is 0 Å². The molecule has 0 aliphatic carbocycles. The molecule has 0 spiro atoms. The summed E-state index contributed by atoms with van der Waals surface area (Å²) in [6.07, 6.45) is 0. The monoisotopic (exact) mass is 218 g/mol. The molecule has 0 rings (SSSR count). The van der Waals surface area contributed by atoms with Crippen LogP contribution in [0.25, 0.3) is 0 Å². The van der Waals surface area contributed by atoms with Gasteiger partial charge >= 0.3 is 0 Å². The van der Waals surface area contributed by atoms with E-state index in [2.05, 4.69) is 45.1 Å². The summed E-state index contributed by atoms with van der Waals surface area (Å²) in [5, 5.41) is 3.62. The van der Waals surface area contributed by atoms with Gasteiger partial charge in [0, 0.05) is 24.9 Å². The quantitative estimate of drug-likeness (QED) is 0.627. The Morgan fingerprint density at radius 3 is 2.36 bits per heavy atom. The van der Waals surface area contributed by atoms with Crippen LogP contribution in [0.2, 0.25) is 0 Å². The molecule has 86 valence electrons. The van der Waals surface area contributed by atoms with Crippen molar-refractivity contribution < 1.29 is 0 Å². The van der Waals surface area contributed by atoms with Gasteiger partial charge in [-0.1, -0.05) is 20.8 Å². The van der Waals surface area contributed by atoms with Gasteiger partial charge in [-0.25, -0.2) is 0 Å². The average molecular weight is 218 g/mol. The molecule has 14 heavy (non-hydrogen) atoms. The van der Waals surface area contributed by atoms with E-state index in [9.17, 15) is 0 Å². The first-order valence-electron chi connectivity index (χ1n) is 5.53. The second-order valence-electron chi connectivity index (χ2n) is 4.26. The zero-order chi connectivity index (χ0) is 11.0. The third kappa shape index (κ3) is 7.65. The molecule has 3 heteroatoms. The summed E-state index contributed by atoms with van der Waals surface area (Å²) < 4.78 is 0. The van der Waals surface area contributed by atoms with Gasteiger partial charge in [-0.15, -0.1) is 0 Å². The number of hydrogen-bond donors (Lipinski definition) is 1. The van der Waals surface area contributed by atoms with Crippen molar-refractivity contribution in [3.63, 3.8) is 0 Å². The van der Waals surface area contributed by atoms with Crippen molar-refractivity contribution in [2.45, 2.75) is 26.8 Å². The Morgan fingerprint density at radius 2 is 1.93 bits per heavy atom. The summed E-state index contributed by atoms with van der Waals surface area (Å²) in [7, 11) is 4.27. The maximum atomic E-state index is 3.62. The fourth-order valence-electron chi connectivity index (χ4n) is 1.37. The smallest absolute Gasteiger partial charge is 0.0218 e. The minimum absolute atomic E-state index is 0.627. The Bertz CT molecular complexity index is 126. The SMILES string of the molecule is CCSCCNC(CN(C)C)C(C)C. The summed E-state index contributed by atoms with van der Waals surface area (Å²) >= 11 is 2.00. The lowest BCUT2D eigenvalue weighted by molar-refractivity contribution is 0.293. The second-order valence-corrected chi connectivity index (χ2v) is 5.66. The predicted molar refractivity (Wildman–Crippen MR) is 68.2 cm³/mol. The van der Waals surface area contributed by atoms with Gasteiger partial charge in [-0.05, 0) is 25.8 Å². The van der Waals surface area contributed by atoms with Crippen molar-refractivity contribution in [1.82, 2.24) is 10.2 Å². The number of thioether (sulfide) groups is 1. The van der Waals surface area contributed by atoms with Crippen molar-refractivity contribution in [3.8, 4) is 0 Å². The number of hydrogen-bond acceptors (Lipinski definition) is 3. The van der Waals surface area contributed by atoms with Crippen molar-refractivity contribution in [2.75, 3.05) is 38.7 Å². The number of nitrogens with one attached hydrogen (secondary N) is 1. The van der Waals surface area contributed by atoms with Crippen molar-refractivity contribution >= 4 is 11.8 Å². The molecule has 1 N–H and O–H groups in total. The summed E-state index contributed by atoms with van der Waals surface area (Å²) in [5.74, 6) is 3.17. The molecule has 0 saturated carbocycles. The predicted octanol–water partition coefficient (Wildman–Crippen LogP) is 1.92. The summed E-state index contributed by atoms with van der Waals surface area (Å²) in [5.41, 5.74) is 0. The fourth-order valence-corrected chi connectivity index (χ4v) is 1.92. The minimum atomic E-state index is 0.627. The highest BCUT2D eigenvalue weighted by Gasteiger charge is 2.12. The van der Waals surface area contributed by atoms with Crippen LogP contribution in [0.1, 0.15) is 20.8 Å². The Hall–Kier alpha value is 0.270. The van der Waals surface area contributed by atoms with E-state index in [1.165, 1.54) is 11.5 Å². The molecule has 0 aromatic carbocycles. The zero-order valence-corrected chi connectivity index (χ0v) is 11.2. The van der Waals surface area contributed by atoms with Crippen LogP contribution in [0.5, 0.6) is 0 Å². The third-order valence-corrected chi connectivity index (χ3v) is 3.12. The maximum absolute atomic E-state index is 3.62. The molecule has 0 radical (unpaired) electrons. The van der Waals surface area contributed by atoms with Crippen LogP contribution < -0.4 is 5.32 Å². The first-order chi connectivity index (χ1) is 6.57. The maximum Gasteiger partial charge on any atom is 0.0218 e. The molecule has 0 fully saturated rings. The lowest BCUT2D eigenvalue weighted by Gasteiger charge is -2.25.